The van der Waals surface area contributed by atoms with Crippen molar-refractivity contribution in [2.45, 2.75) is 32.4 Å². The summed E-state index contributed by atoms with van der Waals surface area (Å²) in [5.74, 6) is 0.640. The molecule has 2 rings (SSSR count). The van der Waals surface area contributed by atoms with Crippen LogP contribution in [0.15, 0.2) is 24.3 Å². The number of hydrogen-bond acceptors (Lipinski definition) is 3. The SMILES string of the molecule is CCC(Nc1cccc(COC)c1)C1CCOC1. The highest BCUT2D eigenvalue weighted by Gasteiger charge is 2.24. The smallest absolute Gasteiger partial charge is 0.0713 e. The van der Waals surface area contributed by atoms with Gasteiger partial charge in [0.15, 0.2) is 0 Å². The van der Waals surface area contributed by atoms with Crippen molar-refractivity contribution < 1.29 is 9.47 Å². The molecule has 0 aliphatic carbocycles. The largest absolute Gasteiger partial charge is 0.382 e. The summed E-state index contributed by atoms with van der Waals surface area (Å²) < 4.78 is 10.6. The van der Waals surface area contributed by atoms with Gasteiger partial charge in [-0.25, -0.2) is 0 Å². The molecule has 0 saturated carbocycles. The Bertz CT molecular complexity index is 361. The molecule has 1 fully saturated rings. The Labute approximate surface area is 109 Å². The number of ether oxygens (including phenoxy) is 2. The second kappa shape index (κ2) is 6.76. The van der Waals surface area contributed by atoms with Crippen molar-refractivity contribution >= 4 is 5.69 Å². The fourth-order valence-corrected chi connectivity index (χ4v) is 2.55. The molecule has 1 N–H and O–H groups in total. The van der Waals surface area contributed by atoms with E-state index in [2.05, 4.69) is 36.5 Å². The number of benzene rings is 1. The average molecular weight is 249 g/mol. The van der Waals surface area contributed by atoms with Crippen molar-refractivity contribution in [3.05, 3.63) is 29.8 Å². The van der Waals surface area contributed by atoms with Gasteiger partial charge in [-0.3, -0.25) is 0 Å². The molecule has 1 saturated heterocycles. The lowest BCUT2D eigenvalue weighted by Gasteiger charge is -2.23. The first kappa shape index (κ1) is 13.4. The summed E-state index contributed by atoms with van der Waals surface area (Å²) in [6, 6.07) is 8.97. The van der Waals surface area contributed by atoms with Gasteiger partial charge in [-0.15, -0.1) is 0 Å². The molecule has 1 heterocycles. The molecule has 18 heavy (non-hydrogen) atoms. The molecule has 3 heteroatoms. The van der Waals surface area contributed by atoms with E-state index in [0.29, 0.717) is 18.6 Å². The molecular formula is C15H23NO2. The third-order valence-corrected chi connectivity index (χ3v) is 3.56. The summed E-state index contributed by atoms with van der Waals surface area (Å²) in [6.07, 6.45) is 2.30. The Hall–Kier alpha value is -1.06. The molecular weight excluding hydrogens is 226 g/mol. The quantitative estimate of drug-likeness (QED) is 0.840. The van der Waals surface area contributed by atoms with Gasteiger partial charge < -0.3 is 14.8 Å². The molecule has 2 atom stereocenters. The van der Waals surface area contributed by atoms with Crippen LogP contribution in [0.25, 0.3) is 0 Å². The van der Waals surface area contributed by atoms with Gasteiger partial charge in [-0.1, -0.05) is 19.1 Å². The third kappa shape index (κ3) is 3.47. The molecule has 1 aromatic carbocycles. The van der Waals surface area contributed by atoms with Gasteiger partial charge in [0.1, 0.15) is 0 Å². The van der Waals surface area contributed by atoms with E-state index >= 15 is 0 Å². The zero-order chi connectivity index (χ0) is 12.8. The van der Waals surface area contributed by atoms with Crippen molar-refractivity contribution in [2.24, 2.45) is 5.92 Å². The van der Waals surface area contributed by atoms with Gasteiger partial charge in [0.05, 0.1) is 13.2 Å². The minimum absolute atomic E-state index is 0.505. The van der Waals surface area contributed by atoms with Crippen LogP contribution in [0.5, 0.6) is 0 Å². The normalized spacial score (nSPS) is 20.9. The van der Waals surface area contributed by atoms with Crippen LogP contribution in [0.3, 0.4) is 0 Å². The first-order valence-electron chi connectivity index (χ1n) is 6.75. The molecule has 0 aromatic heterocycles. The molecule has 0 bridgehead atoms. The molecule has 1 aromatic rings. The summed E-state index contributed by atoms with van der Waals surface area (Å²) >= 11 is 0. The maximum Gasteiger partial charge on any atom is 0.0713 e. The summed E-state index contributed by atoms with van der Waals surface area (Å²) in [4.78, 5) is 0. The van der Waals surface area contributed by atoms with Crippen LogP contribution in [0.1, 0.15) is 25.3 Å². The van der Waals surface area contributed by atoms with Crippen LogP contribution < -0.4 is 5.32 Å². The number of nitrogens with one attached hydrogen (secondary N) is 1. The van der Waals surface area contributed by atoms with E-state index in [9.17, 15) is 0 Å². The van der Waals surface area contributed by atoms with Gasteiger partial charge in [0, 0.05) is 31.4 Å². The Morgan fingerprint density at radius 2 is 2.39 bits per heavy atom. The Balaban J connectivity index is 1.99. The maximum atomic E-state index is 5.48. The molecule has 1 aliphatic rings. The number of methoxy groups -OCH3 is 1. The molecule has 0 spiro atoms. The predicted molar refractivity (Wildman–Crippen MR) is 73.8 cm³/mol. The zero-order valence-electron chi connectivity index (χ0n) is 11.3. The lowest BCUT2D eigenvalue weighted by Crippen LogP contribution is -2.28. The standard InChI is InChI=1S/C15H23NO2/c1-3-15(13-7-8-18-11-13)16-14-6-4-5-12(9-14)10-17-2/h4-6,9,13,15-16H,3,7-8,10-11H2,1-2H3. The molecule has 0 amide bonds. The molecule has 1 aliphatic heterocycles. The summed E-state index contributed by atoms with van der Waals surface area (Å²) in [5, 5.41) is 3.63. The van der Waals surface area contributed by atoms with Crippen LogP contribution in [-0.4, -0.2) is 26.4 Å². The highest BCUT2D eigenvalue weighted by molar-refractivity contribution is 5.46. The van der Waals surface area contributed by atoms with Crippen molar-refractivity contribution in [3.8, 4) is 0 Å². The molecule has 100 valence electrons. The number of anilines is 1. The maximum absolute atomic E-state index is 5.48. The number of rotatable bonds is 6. The lowest BCUT2D eigenvalue weighted by molar-refractivity contribution is 0.181. The van der Waals surface area contributed by atoms with Gasteiger partial charge in [0.2, 0.25) is 0 Å². The molecule has 3 nitrogen and oxygen atoms in total. The highest BCUT2D eigenvalue weighted by atomic mass is 16.5. The molecule has 2 unspecified atom stereocenters. The van der Waals surface area contributed by atoms with Crippen LogP contribution >= 0.6 is 0 Å². The van der Waals surface area contributed by atoms with Gasteiger partial charge >= 0.3 is 0 Å². The first-order chi connectivity index (χ1) is 8.83. The van der Waals surface area contributed by atoms with Gasteiger partial charge in [0.25, 0.3) is 0 Å². The van der Waals surface area contributed by atoms with Crippen LogP contribution in [0, 0.1) is 5.92 Å². The number of hydrogen-bond donors (Lipinski definition) is 1. The van der Waals surface area contributed by atoms with Crippen molar-refractivity contribution in [2.75, 3.05) is 25.6 Å². The van der Waals surface area contributed by atoms with E-state index in [1.165, 1.54) is 17.7 Å². The van der Waals surface area contributed by atoms with Crippen molar-refractivity contribution in [3.63, 3.8) is 0 Å². The van der Waals surface area contributed by atoms with Gasteiger partial charge in [-0.2, -0.15) is 0 Å². The fourth-order valence-electron chi connectivity index (χ4n) is 2.55. The average Bonchev–Trinajstić information content (AvgIpc) is 2.90. The topological polar surface area (TPSA) is 30.5 Å². The van der Waals surface area contributed by atoms with E-state index in [1.807, 2.05) is 0 Å². The Morgan fingerprint density at radius 3 is 3.06 bits per heavy atom. The summed E-state index contributed by atoms with van der Waals surface area (Å²) in [7, 11) is 1.73. The second-order valence-electron chi connectivity index (χ2n) is 4.92. The van der Waals surface area contributed by atoms with E-state index in [0.717, 1.165) is 19.6 Å². The fraction of sp³-hybridized carbons (Fsp3) is 0.600. The highest BCUT2D eigenvalue weighted by Crippen LogP contribution is 2.23. The Kier molecular flexibility index (Phi) is 5.02. The second-order valence-corrected chi connectivity index (χ2v) is 4.92. The van der Waals surface area contributed by atoms with Crippen LogP contribution in [0.2, 0.25) is 0 Å². The van der Waals surface area contributed by atoms with Crippen molar-refractivity contribution in [1.82, 2.24) is 0 Å². The Morgan fingerprint density at radius 1 is 1.50 bits per heavy atom. The molecule has 0 radical (unpaired) electrons. The lowest BCUT2D eigenvalue weighted by atomic mass is 9.96. The van der Waals surface area contributed by atoms with Crippen LogP contribution in [0.4, 0.5) is 5.69 Å². The first-order valence-corrected chi connectivity index (χ1v) is 6.75. The predicted octanol–water partition coefficient (Wildman–Crippen LogP) is 3.06. The minimum Gasteiger partial charge on any atom is -0.382 e. The van der Waals surface area contributed by atoms with Crippen LogP contribution in [-0.2, 0) is 16.1 Å². The third-order valence-electron chi connectivity index (χ3n) is 3.56. The zero-order valence-corrected chi connectivity index (χ0v) is 11.3. The summed E-state index contributed by atoms with van der Waals surface area (Å²) in [5.41, 5.74) is 2.39. The van der Waals surface area contributed by atoms with E-state index in [1.54, 1.807) is 7.11 Å². The monoisotopic (exact) mass is 249 g/mol. The van der Waals surface area contributed by atoms with E-state index in [-0.39, 0.29) is 0 Å². The van der Waals surface area contributed by atoms with Crippen molar-refractivity contribution in [1.29, 1.82) is 0 Å². The van der Waals surface area contributed by atoms with E-state index in [4.69, 9.17) is 9.47 Å². The van der Waals surface area contributed by atoms with Gasteiger partial charge in [-0.05, 0) is 30.5 Å². The minimum atomic E-state index is 0.505. The summed E-state index contributed by atoms with van der Waals surface area (Å²) in [6.45, 7) is 4.70. The van der Waals surface area contributed by atoms with E-state index < -0.39 is 0 Å².